The summed E-state index contributed by atoms with van der Waals surface area (Å²) in [7, 11) is 0. The number of aromatic nitrogens is 1. The Labute approximate surface area is 397 Å². The Hall–Kier alpha value is -8.20. The van der Waals surface area contributed by atoms with Gasteiger partial charge in [-0.1, -0.05) is 179 Å². The van der Waals surface area contributed by atoms with Gasteiger partial charge in [0.15, 0.2) is 0 Å². The first-order valence-corrected chi connectivity index (χ1v) is 24.0. The van der Waals surface area contributed by atoms with Gasteiger partial charge in [-0.3, -0.25) is 0 Å². The highest BCUT2D eigenvalue weighted by molar-refractivity contribution is 6.35. The van der Waals surface area contributed by atoms with Crippen LogP contribution in [-0.4, -0.2) is 4.57 Å². The van der Waals surface area contributed by atoms with Gasteiger partial charge in [-0.05, 0) is 149 Å². The van der Waals surface area contributed by atoms with Crippen LogP contribution in [0.3, 0.4) is 0 Å². The molecule has 0 spiro atoms. The number of anilines is 3. The van der Waals surface area contributed by atoms with Crippen LogP contribution in [0, 0.1) is 0 Å². The summed E-state index contributed by atoms with van der Waals surface area (Å²) in [5, 5.41) is 10.4. The summed E-state index contributed by atoms with van der Waals surface area (Å²) >= 11 is 0. The van der Waals surface area contributed by atoms with E-state index in [1.165, 1.54) is 110 Å². The van der Waals surface area contributed by atoms with Gasteiger partial charge in [-0.25, -0.2) is 0 Å². The Bertz CT molecular complexity index is 4020. The Kier molecular flexibility index (Phi) is 8.12. The van der Waals surface area contributed by atoms with E-state index in [1.54, 1.807) is 0 Å². The molecule has 2 aliphatic carbocycles. The molecule has 0 saturated heterocycles. The van der Waals surface area contributed by atoms with Gasteiger partial charge in [0.25, 0.3) is 0 Å². The van der Waals surface area contributed by atoms with E-state index in [9.17, 15) is 0 Å². The minimum Gasteiger partial charge on any atom is -0.310 e. The van der Waals surface area contributed by atoms with E-state index >= 15 is 0 Å². The molecule has 1 heterocycles. The van der Waals surface area contributed by atoms with Crippen molar-refractivity contribution >= 4 is 71.2 Å². The number of hydrogen-bond acceptors (Lipinski definition) is 1. The van der Waals surface area contributed by atoms with Gasteiger partial charge in [0, 0.05) is 49.7 Å². The lowest BCUT2D eigenvalue weighted by molar-refractivity contribution is 0.660. The van der Waals surface area contributed by atoms with E-state index in [0.717, 1.165) is 22.7 Å². The molecule has 14 rings (SSSR count). The third-order valence-corrected chi connectivity index (χ3v) is 15.8. The van der Waals surface area contributed by atoms with Gasteiger partial charge < -0.3 is 9.47 Å². The molecule has 2 heteroatoms. The van der Waals surface area contributed by atoms with Crippen LogP contribution in [0.4, 0.5) is 17.1 Å². The summed E-state index contributed by atoms with van der Waals surface area (Å²) in [6, 6.07) is 81.6. The first-order chi connectivity index (χ1) is 33.3. The predicted octanol–water partition coefficient (Wildman–Crippen LogP) is 18.0. The Balaban J connectivity index is 0.908. The zero-order chi connectivity index (χ0) is 45.5. The Morgan fingerprint density at radius 1 is 0.309 bits per heavy atom. The SMILES string of the molecule is CC1(C)c2ccccc2-c2ccc(N(c3ccccc3)c3ccc(-c4ccc(-n5c6cc7c(cc6c6c8c9ccccc9c9ccccc9c8ccc65)-c5ccccc5C7(C)C)cc4)cc3)cc21. The molecule has 11 aromatic carbocycles. The zero-order valence-corrected chi connectivity index (χ0v) is 38.7. The van der Waals surface area contributed by atoms with Crippen molar-refractivity contribution in [2.45, 2.75) is 38.5 Å². The minimum atomic E-state index is -0.124. The summed E-state index contributed by atoms with van der Waals surface area (Å²) in [4.78, 5) is 2.39. The molecule has 0 bridgehead atoms. The summed E-state index contributed by atoms with van der Waals surface area (Å²) in [6.07, 6.45) is 0. The molecule has 1 aromatic heterocycles. The van der Waals surface area contributed by atoms with Crippen LogP contribution in [0.2, 0.25) is 0 Å². The molecular weight excluding hydrogens is 821 g/mol. The molecule has 0 unspecified atom stereocenters. The number of benzene rings is 11. The first kappa shape index (κ1) is 39.0. The van der Waals surface area contributed by atoms with E-state index in [0.29, 0.717) is 0 Å². The van der Waals surface area contributed by atoms with E-state index in [4.69, 9.17) is 0 Å². The smallest absolute Gasteiger partial charge is 0.0547 e. The summed E-state index contributed by atoms with van der Waals surface area (Å²) in [5.41, 5.74) is 20.1. The van der Waals surface area contributed by atoms with Crippen molar-refractivity contribution in [1.29, 1.82) is 0 Å². The van der Waals surface area contributed by atoms with E-state index in [1.807, 2.05) is 0 Å². The third kappa shape index (κ3) is 5.40. The number of rotatable bonds is 5. The summed E-state index contributed by atoms with van der Waals surface area (Å²) in [5.74, 6) is 0. The highest BCUT2D eigenvalue weighted by Crippen LogP contribution is 2.53. The lowest BCUT2D eigenvalue weighted by Crippen LogP contribution is -2.16. The number of hydrogen-bond donors (Lipinski definition) is 0. The monoisotopic (exact) mass is 868 g/mol. The molecule has 0 atom stereocenters. The second kappa shape index (κ2) is 14.2. The van der Waals surface area contributed by atoms with Crippen LogP contribution in [0.25, 0.3) is 93.2 Å². The first-order valence-electron chi connectivity index (χ1n) is 24.0. The molecule has 0 N–H and O–H groups in total. The highest BCUT2D eigenvalue weighted by atomic mass is 15.1. The van der Waals surface area contributed by atoms with Crippen LogP contribution in [0.5, 0.6) is 0 Å². The number of para-hydroxylation sites is 1. The number of fused-ring (bicyclic) bond motifs is 16. The van der Waals surface area contributed by atoms with Crippen LogP contribution >= 0.6 is 0 Å². The van der Waals surface area contributed by atoms with E-state index in [-0.39, 0.29) is 10.8 Å². The van der Waals surface area contributed by atoms with Crippen molar-refractivity contribution in [2.75, 3.05) is 4.90 Å². The van der Waals surface area contributed by atoms with Gasteiger partial charge in [0.2, 0.25) is 0 Å². The van der Waals surface area contributed by atoms with Crippen molar-refractivity contribution in [2.24, 2.45) is 0 Å². The average molecular weight is 869 g/mol. The van der Waals surface area contributed by atoms with Crippen LogP contribution in [0.1, 0.15) is 49.9 Å². The molecule has 12 aromatic rings. The molecule has 2 nitrogen and oxygen atoms in total. The van der Waals surface area contributed by atoms with Crippen molar-refractivity contribution in [3.63, 3.8) is 0 Å². The largest absolute Gasteiger partial charge is 0.310 e. The molecule has 0 saturated carbocycles. The lowest BCUT2D eigenvalue weighted by Gasteiger charge is -2.28. The second-order valence-electron chi connectivity index (χ2n) is 20.1. The maximum Gasteiger partial charge on any atom is 0.0547 e. The fourth-order valence-corrected chi connectivity index (χ4v) is 12.4. The molecule has 322 valence electrons. The quantitative estimate of drug-likeness (QED) is 0.156. The zero-order valence-electron chi connectivity index (χ0n) is 38.7. The summed E-state index contributed by atoms with van der Waals surface area (Å²) < 4.78 is 2.52. The molecule has 2 aliphatic rings. The molecule has 0 aliphatic heterocycles. The molecule has 68 heavy (non-hydrogen) atoms. The average Bonchev–Trinajstić information content (AvgIpc) is 3.92. The van der Waals surface area contributed by atoms with Crippen molar-refractivity contribution in [3.8, 4) is 39.1 Å². The van der Waals surface area contributed by atoms with Crippen molar-refractivity contribution in [1.82, 2.24) is 4.57 Å². The fourth-order valence-electron chi connectivity index (χ4n) is 12.4. The van der Waals surface area contributed by atoms with Gasteiger partial charge in [0.1, 0.15) is 0 Å². The second-order valence-corrected chi connectivity index (χ2v) is 20.1. The number of nitrogens with zero attached hydrogens (tertiary/aromatic N) is 2. The maximum absolute atomic E-state index is 2.52. The van der Waals surface area contributed by atoms with E-state index in [2.05, 4.69) is 256 Å². The summed E-state index contributed by atoms with van der Waals surface area (Å²) in [6.45, 7) is 9.48. The van der Waals surface area contributed by atoms with Gasteiger partial charge >= 0.3 is 0 Å². The van der Waals surface area contributed by atoms with Crippen LogP contribution < -0.4 is 4.90 Å². The Morgan fingerprint density at radius 3 is 1.46 bits per heavy atom. The third-order valence-electron chi connectivity index (χ3n) is 15.8. The topological polar surface area (TPSA) is 8.17 Å². The van der Waals surface area contributed by atoms with E-state index < -0.39 is 0 Å². The van der Waals surface area contributed by atoms with Gasteiger partial charge in [-0.2, -0.15) is 0 Å². The fraction of sp³-hybridized carbons (Fsp3) is 0.0909. The van der Waals surface area contributed by atoms with Crippen LogP contribution in [0.15, 0.2) is 218 Å². The molecule has 0 radical (unpaired) electrons. The Morgan fingerprint density at radius 2 is 0.794 bits per heavy atom. The van der Waals surface area contributed by atoms with Crippen molar-refractivity contribution in [3.05, 3.63) is 241 Å². The van der Waals surface area contributed by atoms with Gasteiger partial charge in [-0.15, -0.1) is 0 Å². The standard InChI is InChI=1S/C66H48N2/c1-65(2)57-24-14-12-21-50(57)52-35-34-46(38-59(52)65)67(43-16-6-5-7-17-43)44-30-26-41(27-31-44)42-28-32-45(33-29-42)68-61-37-36-54-49-20-9-8-18-47(49)48-19-10-11-23-53(48)63(54)64(61)56-39-55-51-22-13-15-25-58(51)66(3,4)60(55)40-62(56)68/h5-40H,1-4H3. The molecule has 0 amide bonds. The normalized spacial score (nSPS) is 14.1. The molecular formula is C66H48N2. The molecule has 0 fully saturated rings. The lowest BCUT2D eigenvalue weighted by atomic mass is 9.82. The minimum absolute atomic E-state index is 0.0843. The van der Waals surface area contributed by atoms with Gasteiger partial charge in [0.05, 0.1) is 11.0 Å². The maximum atomic E-state index is 2.52. The highest BCUT2D eigenvalue weighted by Gasteiger charge is 2.37. The van der Waals surface area contributed by atoms with Crippen LogP contribution in [-0.2, 0) is 10.8 Å². The predicted molar refractivity (Wildman–Crippen MR) is 289 cm³/mol. The van der Waals surface area contributed by atoms with Crippen molar-refractivity contribution < 1.29 is 0 Å².